The molecule has 0 atom stereocenters. The maximum Gasteiger partial charge on any atom is 0.315 e. The summed E-state index contributed by atoms with van der Waals surface area (Å²) in [6.45, 7) is 6.69. The molecule has 0 aliphatic heterocycles. The van der Waals surface area contributed by atoms with E-state index in [1.54, 1.807) is 6.07 Å². The van der Waals surface area contributed by atoms with Gasteiger partial charge < -0.3 is 9.15 Å². The summed E-state index contributed by atoms with van der Waals surface area (Å²) in [5.41, 5.74) is 2.77. The van der Waals surface area contributed by atoms with Crippen LogP contribution in [0.25, 0.3) is 22.6 Å². The van der Waals surface area contributed by atoms with Gasteiger partial charge in [-0.3, -0.25) is 10.1 Å². The van der Waals surface area contributed by atoms with E-state index >= 15 is 0 Å². The number of aromatic nitrogens is 1. The van der Waals surface area contributed by atoms with Crippen LogP contribution in [0.4, 0.5) is 5.69 Å². The molecule has 0 aliphatic carbocycles. The summed E-state index contributed by atoms with van der Waals surface area (Å²) in [5, 5.41) is 11.7. The van der Waals surface area contributed by atoms with Crippen LogP contribution in [-0.2, 0) is 5.41 Å². The minimum Gasteiger partial charge on any atom is -0.450 e. The summed E-state index contributed by atoms with van der Waals surface area (Å²) < 4.78 is 11.7. The maximum atomic E-state index is 11.7. The Balaban J connectivity index is 1.61. The number of hydrogen-bond donors (Lipinski definition) is 0. The van der Waals surface area contributed by atoms with Gasteiger partial charge in [-0.15, -0.1) is 0 Å². The zero-order chi connectivity index (χ0) is 23.4. The molecule has 0 amide bonds. The van der Waals surface area contributed by atoms with Crippen LogP contribution in [0.3, 0.4) is 0 Å². The molecule has 0 bridgehead atoms. The first-order valence-corrected chi connectivity index (χ1v) is 11.3. The van der Waals surface area contributed by atoms with E-state index in [0.717, 1.165) is 12.0 Å². The van der Waals surface area contributed by atoms with Gasteiger partial charge in [0, 0.05) is 11.6 Å². The van der Waals surface area contributed by atoms with E-state index in [-0.39, 0.29) is 16.9 Å². The Morgan fingerprint density at radius 1 is 1.03 bits per heavy atom. The highest BCUT2D eigenvalue weighted by Gasteiger charge is 2.23. The molecule has 1 aromatic heterocycles. The van der Waals surface area contributed by atoms with E-state index < -0.39 is 4.92 Å². The second-order valence-corrected chi connectivity index (χ2v) is 8.90. The predicted molar refractivity (Wildman–Crippen MR) is 130 cm³/mol. The third-order valence-corrected chi connectivity index (χ3v) is 5.96. The van der Waals surface area contributed by atoms with E-state index in [1.165, 1.54) is 30.9 Å². The summed E-state index contributed by atoms with van der Waals surface area (Å²) in [7, 11) is 0. The quantitative estimate of drug-likeness (QED) is 0.148. The molecular weight excluding hydrogens is 416 g/mol. The SMILES string of the molecule is CCCCCC(C)(C)c1ccc(Oc2cc3nc(-c4ccccc4)oc3cc2[N+](=O)[O-])cc1. The van der Waals surface area contributed by atoms with Gasteiger partial charge >= 0.3 is 5.69 Å². The Kier molecular flexibility index (Phi) is 6.45. The van der Waals surface area contributed by atoms with E-state index in [2.05, 4.69) is 25.8 Å². The fraction of sp³-hybridized carbons (Fsp3) is 0.296. The zero-order valence-electron chi connectivity index (χ0n) is 19.2. The Hall–Kier alpha value is -3.67. The van der Waals surface area contributed by atoms with Crippen molar-refractivity contribution in [1.29, 1.82) is 0 Å². The summed E-state index contributed by atoms with van der Waals surface area (Å²) in [6.07, 6.45) is 4.73. The van der Waals surface area contributed by atoms with Crippen molar-refractivity contribution in [2.45, 2.75) is 51.9 Å². The largest absolute Gasteiger partial charge is 0.450 e. The summed E-state index contributed by atoms with van der Waals surface area (Å²) in [6, 6.07) is 20.2. The van der Waals surface area contributed by atoms with Crippen LogP contribution in [0.15, 0.2) is 71.1 Å². The summed E-state index contributed by atoms with van der Waals surface area (Å²) >= 11 is 0. The first-order chi connectivity index (χ1) is 15.9. The normalized spacial score (nSPS) is 11.6. The molecule has 4 aromatic rings. The highest BCUT2D eigenvalue weighted by molar-refractivity contribution is 5.81. The first-order valence-electron chi connectivity index (χ1n) is 11.3. The molecule has 0 radical (unpaired) electrons. The molecule has 0 spiro atoms. The zero-order valence-corrected chi connectivity index (χ0v) is 19.2. The average Bonchev–Trinajstić information content (AvgIpc) is 3.22. The molecule has 33 heavy (non-hydrogen) atoms. The number of benzene rings is 3. The number of nitrogens with zero attached hydrogens (tertiary/aromatic N) is 2. The van der Waals surface area contributed by atoms with Crippen molar-refractivity contribution in [2.75, 3.05) is 0 Å². The fourth-order valence-electron chi connectivity index (χ4n) is 3.94. The predicted octanol–water partition coefficient (Wildman–Crippen LogP) is 8.05. The average molecular weight is 445 g/mol. The molecule has 3 aromatic carbocycles. The van der Waals surface area contributed by atoms with E-state index in [9.17, 15) is 10.1 Å². The van der Waals surface area contributed by atoms with E-state index in [0.29, 0.717) is 22.7 Å². The van der Waals surface area contributed by atoms with Gasteiger partial charge in [0.2, 0.25) is 11.6 Å². The van der Waals surface area contributed by atoms with E-state index in [4.69, 9.17) is 9.15 Å². The van der Waals surface area contributed by atoms with Gasteiger partial charge in [0.15, 0.2) is 5.58 Å². The number of nitro groups is 1. The molecule has 170 valence electrons. The molecule has 0 saturated heterocycles. The monoisotopic (exact) mass is 444 g/mol. The number of hydrogen-bond acceptors (Lipinski definition) is 5. The molecule has 6 heteroatoms. The molecule has 1 heterocycles. The maximum absolute atomic E-state index is 11.7. The smallest absolute Gasteiger partial charge is 0.315 e. The molecule has 0 saturated carbocycles. The molecule has 0 fully saturated rings. The first kappa shape index (κ1) is 22.5. The van der Waals surface area contributed by atoms with Crippen LogP contribution in [0.2, 0.25) is 0 Å². The lowest BCUT2D eigenvalue weighted by Gasteiger charge is -2.25. The number of oxazole rings is 1. The van der Waals surface area contributed by atoms with Crippen LogP contribution in [0, 0.1) is 10.1 Å². The topological polar surface area (TPSA) is 78.4 Å². The van der Waals surface area contributed by atoms with Crippen molar-refractivity contribution in [3.05, 3.63) is 82.4 Å². The molecule has 0 unspecified atom stereocenters. The van der Waals surface area contributed by atoms with Crippen LogP contribution in [0.5, 0.6) is 11.5 Å². The third-order valence-electron chi connectivity index (χ3n) is 5.96. The van der Waals surface area contributed by atoms with Crippen molar-refractivity contribution in [2.24, 2.45) is 0 Å². The lowest BCUT2D eigenvalue weighted by molar-refractivity contribution is -0.385. The van der Waals surface area contributed by atoms with Gasteiger partial charge in [0.1, 0.15) is 11.3 Å². The highest BCUT2D eigenvalue weighted by Crippen LogP contribution is 2.38. The van der Waals surface area contributed by atoms with Crippen molar-refractivity contribution in [3.8, 4) is 23.0 Å². The summed E-state index contributed by atoms with van der Waals surface area (Å²) in [4.78, 5) is 15.7. The molecule has 0 aliphatic rings. The van der Waals surface area contributed by atoms with Crippen molar-refractivity contribution >= 4 is 16.8 Å². The molecule has 6 nitrogen and oxygen atoms in total. The standard InChI is InChI=1S/C27H28N2O4/c1-4-5-9-16-27(2,3)20-12-14-21(15-13-20)32-25-17-22-24(18-23(25)29(30)31)33-26(28-22)19-10-7-6-8-11-19/h6-8,10-15,17-18H,4-5,9,16H2,1-3H3. The third kappa shape index (κ3) is 5.06. The van der Waals surface area contributed by atoms with Crippen LogP contribution >= 0.6 is 0 Å². The van der Waals surface area contributed by atoms with Crippen LogP contribution in [-0.4, -0.2) is 9.91 Å². The van der Waals surface area contributed by atoms with Gasteiger partial charge in [-0.2, -0.15) is 0 Å². The van der Waals surface area contributed by atoms with Gasteiger partial charge in [-0.1, -0.05) is 70.4 Å². The van der Waals surface area contributed by atoms with Crippen LogP contribution < -0.4 is 4.74 Å². The Labute approximate surface area is 193 Å². The van der Waals surface area contributed by atoms with E-state index in [1.807, 2.05) is 54.6 Å². The minimum atomic E-state index is -0.468. The minimum absolute atomic E-state index is 0.0627. The van der Waals surface area contributed by atoms with Gasteiger partial charge in [-0.05, 0) is 41.7 Å². The van der Waals surface area contributed by atoms with Crippen LogP contribution in [0.1, 0.15) is 52.0 Å². The number of rotatable bonds is 9. The fourth-order valence-corrected chi connectivity index (χ4v) is 3.94. The Morgan fingerprint density at radius 3 is 2.42 bits per heavy atom. The second-order valence-electron chi connectivity index (χ2n) is 8.90. The van der Waals surface area contributed by atoms with Gasteiger partial charge in [0.05, 0.1) is 11.0 Å². The Bertz CT molecular complexity index is 1240. The van der Waals surface area contributed by atoms with Gasteiger partial charge in [0.25, 0.3) is 0 Å². The van der Waals surface area contributed by atoms with Gasteiger partial charge in [-0.25, -0.2) is 4.98 Å². The number of ether oxygens (including phenoxy) is 1. The summed E-state index contributed by atoms with van der Waals surface area (Å²) in [5.74, 6) is 1.08. The number of nitro benzene ring substituents is 1. The van der Waals surface area contributed by atoms with Crippen molar-refractivity contribution in [1.82, 2.24) is 4.98 Å². The lowest BCUT2D eigenvalue weighted by atomic mass is 9.80. The second kappa shape index (κ2) is 9.45. The van der Waals surface area contributed by atoms with Crippen molar-refractivity contribution in [3.63, 3.8) is 0 Å². The lowest BCUT2D eigenvalue weighted by Crippen LogP contribution is -2.16. The van der Waals surface area contributed by atoms with Crippen molar-refractivity contribution < 1.29 is 14.1 Å². The molecular formula is C27H28N2O4. The molecule has 4 rings (SSSR count). The number of fused-ring (bicyclic) bond motifs is 1. The number of unbranched alkanes of at least 4 members (excludes halogenated alkanes) is 2. The highest BCUT2D eigenvalue weighted by atomic mass is 16.6. The Morgan fingerprint density at radius 2 is 1.76 bits per heavy atom. The molecule has 0 N–H and O–H groups in total.